The van der Waals surface area contributed by atoms with Crippen molar-refractivity contribution in [3.8, 4) is 0 Å². The van der Waals surface area contributed by atoms with Gasteiger partial charge in [0.15, 0.2) is 0 Å². The molecule has 1 aromatic rings. The molecule has 1 saturated heterocycles. The summed E-state index contributed by atoms with van der Waals surface area (Å²) in [6.45, 7) is 2.36. The van der Waals surface area contributed by atoms with E-state index in [0.29, 0.717) is 6.54 Å². The predicted octanol–water partition coefficient (Wildman–Crippen LogP) is 1.37. The van der Waals surface area contributed by atoms with E-state index in [1.807, 2.05) is 25.1 Å². The quantitative estimate of drug-likeness (QED) is 0.735. The Kier molecular flexibility index (Phi) is 2.44. The van der Waals surface area contributed by atoms with Crippen molar-refractivity contribution in [2.24, 2.45) is 0 Å². The van der Waals surface area contributed by atoms with Crippen LogP contribution in [0.1, 0.15) is 17.3 Å². The van der Waals surface area contributed by atoms with Crippen LogP contribution in [-0.4, -0.2) is 12.5 Å². The van der Waals surface area contributed by atoms with Gasteiger partial charge in [-0.1, -0.05) is 17.7 Å². The van der Waals surface area contributed by atoms with E-state index in [2.05, 4.69) is 10.6 Å². The van der Waals surface area contributed by atoms with E-state index in [9.17, 15) is 4.79 Å². The molecule has 0 aliphatic carbocycles. The molecule has 1 aliphatic heterocycles. The molecule has 0 saturated carbocycles. The van der Waals surface area contributed by atoms with Gasteiger partial charge in [0.2, 0.25) is 5.91 Å². The number of aryl methyl sites for hydroxylation is 1. The van der Waals surface area contributed by atoms with Gasteiger partial charge in [0.1, 0.15) is 6.17 Å². The first-order valence-corrected chi connectivity index (χ1v) is 4.83. The Morgan fingerprint density at radius 1 is 1.50 bits per heavy atom. The number of amides is 1. The van der Waals surface area contributed by atoms with Crippen LogP contribution in [0.5, 0.6) is 0 Å². The highest BCUT2D eigenvalue weighted by Crippen LogP contribution is 2.21. The maximum absolute atomic E-state index is 11.0. The average Bonchev–Trinajstić information content (AvgIpc) is 2.51. The molecule has 1 aromatic carbocycles. The maximum Gasteiger partial charge on any atom is 0.235 e. The summed E-state index contributed by atoms with van der Waals surface area (Å²) in [5, 5.41) is 6.63. The van der Waals surface area contributed by atoms with Crippen molar-refractivity contribution in [1.82, 2.24) is 10.6 Å². The first-order chi connectivity index (χ1) is 6.66. The van der Waals surface area contributed by atoms with Gasteiger partial charge in [-0.05, 0) is 30.2 Å². The van der Waals surface area contributed by atoms with Gasteiger partial charge in [-0.2, -0.15) is 0 Å². The van der Waals surface area contributed by atoms with Gasteiger partial charge < -0.3 is 5.32 Å². The highest BCUT2D eigenvalue weighted by atomic mass is 35.5. The predicted molar refractivity (Wildman–Crippen MR) is 55.1 cm³/mol. The molecular formula is C10H11ClN2O. The van der Waals surface area contributed by atoms with Crippen molar-refractivity contribution < 1.29 is 4.79 Å². The summed E-state index contributed by atoms with van der Waals surface area (Å²) in [6.07, 6.45) is -0.0697. The zero-order valence-corrected chi connectivity index (χ0v) is 8.56. The van der Waals surface area contributed by atoms with Crippen LogP contribution in [-0.2, 0) is 4.79 Å². The topological polar surface area (TPSA) is 41.1 Å². The molecule has 2 rings (SSSR count). The van der Waals surface area contributed by atoms with Crippen LogP contribution in [0.4, 0.5) is 0 Å². The van der Waals surface area contributed by atoms with Crippen molar-refractivity contribution in [2.75, 3.05) is 6.54 Å². The number of carbonyl (C=O) groups is 1. The fourth-order valence-electron chi connectivity index (χ4n) is 1.61. The zero-order valence-electron chi connectivity index (χ0n) is 7.80. The first-order valence-electron chi connectivity index (χ1n) is 4.45. The Labute approximate surface area is 87.4 Å². The summed E-state index contributed by atoms with van der Waals surface area (Å²) in [4.78, 5) is 11.0. The monoisotopic (exact) mass is 210 g/mol. The molecule has 0 radical (unpaired) electrons. The fourth-order valence-corrected chi connectivity index (χ4v) is 1.84. The highest BCUT2D eigenvalue weighted by Gasteiger charge is 2.22. The normalized spacial score (nSPS) is 21.0. The minimum Gasteiger partial charge on any atom is -0.336 e. The first kappa shape index (κ1) is 9.49. The summed E-state index contributed by atoms with van der Waals surface area (Å²) in [5.74, 6) is 0.0318. The lowest BCUT2D eigenvalue weighted by atomic mass is 10.1. The summed E-state index contributed by atoms with van der Waals surface area (Å²) < 4.78 is 0. The van der Waals surface area contributed by atoms with Crippen molar-refractivity contribution in [3.05, 3.63) is 34.3 Å². The van der Waals surface area contributed by atoms with E-state index in [0.717, 1.165) is 16.1 Å². The van der Waals surface area contributed by atoms with Crippen molar-refractivity contribution in [2.45, 2.75) is 13.1 Å². The van der Waals surface area contributed by atoms with Crippen LogP contribution < -0.4 is 10.6 Å². The highest BCUT2D eigenvalue weighted by molar-refractivity contribution is 6.30. The molecule has 2 N–H and O–H groups in total. The number of hydrogen-bond acceptors (Lipinski definition) is 2. The molecule has 3 nitrogen and oxygen atoms in total. The Balaban J connectivity index is 2.28. The van der Waals surface area contributed by atoms with E-state index < -0.39 is 0 Å². The molecule has 1 fully saturated rings. The van der Waals surface area contributed by atoms with Crippen molar-refractivity contribution in [1.29, 1.82) is 0 Å². The van der Waals surface area contributed by atoms with Gasteiger partial charge in [0.05, 0.1) is 6.54 Å². The van der Waals surface area contributed by atoms with E-state index >= 15 is 0 Å². The number of benzene rings is 1. The summed E-state index contributed by atoms with van der Waals surface area (Å²) in [5.41, 5.74) is 2.15. The minimum absolute atomic E-state index is 0.0318. The zero-order chi connectivity index (χ0) is 10.1. The Morgan fingerprint density at radius 3 is 2.86 bits per heavy atom. The molecule has 0 spiro atoms. The van der Waals surface area contributed by atoms with E-state index in [4.69, 9.17) is 11.6 Å². The molecule has 74 valence electrons. The van der Waals surface area contributed by atoms with Crippen LogP contribution in [0.2, 0.25) is 5.02 Å². The lowest BCUT2D eigenvalue weighted by Gasteiger charge is -2.13. The van der Waals surface area contributed by atoms with Gasteiger partial charge >= 0.3 is 0 Å². The molecule has 1 unspecified atom stereocenters. The third-order valence-corrected chi connectivity index (χ3v) is 2.55. The third-order valence-electron chi connectivity index (χ3n) is 2.31. The second kappa shape index (κ2) is 3.59. The van der Waals surface area contributed by atoms with Gasteiger partial charge in [-0.25, -0.2) is 0 Å². The maximum atomic E-state index is 11.0. The minimum atomic E-state index is -0.0697. The molecule has 1 heterocycles. The largest absolute Gasteiger partial charge is 0.336 e. The van der Waals surface area contributed by atoms with Gasteiger partial charge in [0.25, 0.3) is 0 Å². The summed E-state index contributed by atoms with van der Waals surface area (Å²) in [6, 6.07) is 5.65. The molecular weight excluding hydrogens is 200 g/mol. The van der Waals surface area contributed by atoms with Gasteiger partial charge in [0, 0.05) is 5.02 Å². The van der Waals surface area contributed by atoms with Crippen LogP contribution in [0.15, 0.2) is 18.2 Å². The molecule has 1 aliphatic rings. The number of nitrogens with one attached hydrogen (secondary N) is 2. The Bertz CT molecular complexity index is 378. The van der Waals surface area contributed by atoms with Gasteiger partial charge in [-0.15, -0.1) is 0 Å². The summed E-state index contributed by atoms with van der Waals surface area (Å²) in [7, 11) is 0. The lowest BCUT2D eigenvalue weighted by Crippen LogP contribution is -2.23. The van der Waals surface area contributed by atoms with E-state index in [-0.39, 0.29) is 12.1 Å². The molecule has 14 heavy (non-hydrogen) atoms. The molecule has 4 heteroatoms. The van der Waals surface area contributed by atoms with E-state index in [1.54, 1.807) is 0 Å². The van der Waals surface area contributed by atoms with Crippen LogP contribution in [0.3, 0.4) is 0 Å². The Hall–Kier alpha value is -1.06. The number of carbonyl (C=O) groups excluding carboxylic acids is 1. The van der Waals surface area contributed by atoms with E-state index in [1.165, 1.54) is 0 Å². The van der Waals surface area contributed by atoms with Crippen LogP contribution in [0.25, 0.3) is 0 Å². The fraction of sp³-hybridized carbons (Fsp3) is 0.300. The number of rotatable bonds is 1. The van der Waals surface area contributed by atoms with Crippen LogP contribution >= 0.6 is 11.6 Å². The van der Waals surface area contributed by atoms with Crippen LogP contribution in [0, 0.1) is 6.92 Å². The van der Waals surface area contributed by atoms with Gasteiger partial charge in [-0.3, -0.25) is 10.1 Å². The standard InChI is InChI=1S/C10H11ClN2O/c1-6-4-7(11)2-3-8(6)10-12-5-9(14)13-10/h2-4,10,12H,5H2,1H3,(H,13,14). The third kappa shape index (κ3) is 1.74. The number of hydrogen-bond donors (Lipinski definition) is 2. The molecule has 1 amide bonds. The summed E-state index contributed by atoms with van der Waals surface area (Å²) >= 11 is 5.84. The van der Waals surface area contributed by atoms with Crippen molar-refractivity contribution >= 4 is 17.5 Å². The molecule has 0 aromatic heterocycles. The lowest BCUT2D eigenvalue weighted by molar-refractivity contribution is -0.118. The second-order valence-electron chi connectivity index (χ2n) is 3.38. The second-order valence-corrected chi connectivity index (χ2v) is 3.82. The SMILES string of the molecule is Cc1cc(Cl)ccc1C1NCC(=O)N1. The molecule has 0 bridgehead atoms. The number of halogens is 1. The smallest absolute Gasteiger partial charge is 0.235 e. The average molecular weight is 211 g/mol. The van der Waals surface area contributed by atoms with Crippen molar-refractivity contribution in [3.63, 3.8) is 0 Å². The Morgan fingerprint density at radius 2 is 2.29 bits per heavy atom. The molecule has 1 atom stereocenters.